The van der Waals surface area contributed by atoms with Gasteiger partial charge in [-0.2, -0.15) is 0 Å². The predicted octanol–water partition coefficient (Wildman–Crippen LogP) is 3.02. The molecule has 0 N–H and O–H groups in total. The summed E-state index contributed by atoms with van der Waals surface area (Å²) in [6.07, 6.45) is 1.80. The molecule has 0 atom stereocenters. The smallest absolute Gasteiger partial charge is 0.344 e. The summed E-state index contributed by atoms with van der Waals surface area (Å²) in [5.74, 6) is 0.437. The molecule has 7 nitrogen and oxygen atoms in total. The van der Waals surface area contributed by atoms with Gasteiger partial charge >= 0.3 is 5.97 Å². The third kappa shape index (κ3) is 3.98. The lowest BCUT2D eigenvalue weighted by Gasteiger charge is -2.10. The highest BCUT2D eigenvalue weighted by Gasteiger charge is 2.13. The molecular weight excluding hydrogens is 416 g/mol. The minimum Gasteiger partial charge on any atom is -0.493 e. The van der Waals surface area contributed by atoms with Gasteiger partial charge in [-0.25, -0.2) is 14.2 Å². The van der Waals surface area contributed by atoms with Crippen LogP contribution in [0.1, 0.15) is 23.6 Å². The monoisotopic (exact) mass is 438 g/mol. The van der Waals surface area contributed by atoms with Crippen LogP contribution in [0.2, 0.25) is 0 Å². The van der Waals surface area contributed by atoms with E-state index in [4.69, 9.17) is 14.2 Å². The SMILES string of the molecule is CCOC(=O)COc1ccc(/C=c2\sc3nc4cc(C)c(C)cc4n3c2=O)cc1OC. The Labute approximate surface area is 182 Å². The fourth-order valence-electron chi connectivity index (χ4n) is 3.30. The highest BCUT2D eigenvalue weighted by atomic mass is 32.1. The summed E-state index contributed by atoms with van der Waals surface area (Å²) in [5, 5.41) is 0. The third-order valence-electron chi connectivity index (χ3n) is 4.99. The molecule has 160 valence electrons. The van der Waals surface area contributed by atoms with Crippen LogP contribution in [0.5, 0.6) is 11.5 Å². The number of hydrogen-bond donors (Lipinski definition) is 0. The van der Waals surface area contributed by atoms with E-state index in [2.05, 4.69) is 4.98 Å². The molecule has 31 heavy (non-hydrogen) atoms. The number of carbonyl (C=O) groups excluding carboxylic acids is 1. The number of aryl methyl sites for hydroxylation is 2. The van der Waals surface area contributed by atoms with Crippen molar-refractivity contribution in [3.05, 3.63) is 61.9 Å². The van der Waals surface area contributed by atoms with Gasteiger partial charge in [0.25, 0.3) is 5.56 Å². The first-order chi connectivity index (χ1) is 14.9. The van der Waals surface area contributed by atoms with Crippen LogP contribution < -0.4 is 19.6 Å². The van der Waals surface area contributed by atoms with Gasteiger partial charge in [0.15, 0.2) is 23.1 Å². The molecule has 0 saturated heterocycles. The molecule has 2 aromatic carbocycles. The van der Waals surface area contributed by atoms with Gasteiger partial charge in [0, 0.05) is 0 Å². The average molecular weight is 439 g/mol. The maximum Gasteiger partial charge on any atom is 0.344 e. The van der Waals surface area contributed by atoms with Gasteiger partial charge < -0.3 is 14.2 Å². The second-order valence-electron chi connectivity index (χ2n) is 7.07. The molecule has 4 rings (SSSR count). The zero-order chi connectivity index (χ0) is 22.1. The lowest BCUT2D eigenvalue weighted by molar-refractivity contribution is -0.145. The van der Waals surface area contributed by atoms with E-state index in [-0.39, 0.29) is 12.2 Å². The molecule has 0 fully saturated rings. The van der Waals surface area contributed by atoms with Crippen LogP contribution >= 0.6 is 11.3 Å². The summed E-state index contributed by atoms with van der Waals surface area (Å²) in [5.41, 5.74) is 4.58. The van der Waals surface area contributed by atoms with E-state index in [0.717, 1.165) is 27.7 Å². The van der Waals surface area contributed by atoms with E-state index < -0.39 is 5.97 Å². The van der Waals surface area contributed by atoms with E-state index in [1.807, 2.05) is 26.0 Å². The van der Waals surface area contributed by atoms with E-state index in [9.17, 15) is 9.59 Å². The number of carbonyl (C=O) groups is 1. The molecule has 0 aliphatic rings. The van der Waals surface area contributed by atoms with E-state index in [1.54, 1.807) is 35.6 Å². The first-order valence-corrected chi connectivity index (χ1v) is 10.6. The van der Waals surface area contributed by atoms with Crippen molar-refractivity contribution in [3.8, 4) is 11.5 Å². The van der Waals surface area contributed by atoms with Crippen LogP contribution in [-0.4, -0.2) is 35.7 Å². The van der Waals surface area contributed by atoms with Crippen LogP contribution in [0.25, 0.3) is 22.1 Å². The Hall–Kier alpha value is -3.39. The Kier molecular flexibility index (Phi) is 5.65. The largest absolute Gasteiger partial charge is 0.493 e. The van der Waals surface area contributed by atoms with Crippen molar-refractivity contribution in [2.24, 2.45) is 0 Å². The fourth-order valence-corrected chi connectivity index (χ4v) is 4.29. The summed E-state index contributed by atoms with van der Waals surface area (Å²) in [4.78, 5) is 29.9. The molecule has 8 heteroatoms. The Balaban J connectivity index is 1.71. The van der Waals surface area contributed by atoms with Crippen LogP contribution in [0, 0.1) is 13.8 Å². The van der Waals surface area contributed by atoms with Crippen LogP contribution in [-0.2, 0) is 9.53 Å². The second kappa shape index (κ2) is 8.39. The van der Waals surface area contributed by atoms with Gasteiger partial charge in [0.2, 0.25) is 0 Å². The normalized spacial score (nSPS) is 11.9. The molecule has 2 aromatic heterocycles. The first-order valence-electron chi connectivity index (χ1n) is 9.81. The van der Waals surface area contributed by atoms with Crippen LogP contribution in [0.15, 0.2) is 35.1 Å². The van der Waals surface area contributed by atoms with Gasteiger partial charge in [-0.05, 0) is 67.8 Å². The minimum absolute atomic E-state index is 0.104. The van der Waals surface area contributed by atoms with Crippen molar-refractivity contribution in [2.75, 3.05) is 20.3 Å². The molecule has 0 saturated carbocycles. The summed E-state index contributed by atoms with van der Waals surface area (Å²) in [7, 11) is 1.52. The summed E-state index contributed by atoms with van der Waals surface area (Å²) >= 11 is 1.34. The van der Waals surface area contributed by atoms with E-state index in [0.29, 0.717) is 27.6 Å². The third-order valence-corrected chi connectivity index (χ3v) is 5.96. The molecule has 0 radical (unpaired) electrons. The topological polar surface area (TPSA) is 79.1 Å². The minimum atomic E-state index is -0.448. The van der Waals surface area contributed by atoms with E-state index >= 15 is 0 Å². The number of nitrogens with zero attached hydrogens (tertiary/aromatic N) is 2. The number of ether oxygens (including phenoxy) is 3. The molecule has 0 unspecified atom stereocenters. The van der Waals surface area contributed by atoms with Crippen molar-refractivity contribution < 1.29 is 19.0 Å². The predicted molar refractivity (Wildman–Crippen MR) is 120 cm³/mol. The Morgan fingerprint density at radius 3 is 2.68 bits per heavy atom. The van der Waals surface area contributed by atoms with Crippen molar-refractivity contribution in [2.45, 2.75) is 20.8 Å². The maximum atomic E-state index is 13.1. The lowest BCUT2D eigenvalue weighted by atomic mass is 10.1. The van der Waals surface area contributed by atoms with Crippen molar-refractivity contribution in [1.29, 1.82) is 0 Å². The van der Waals surface area contributed by atoms with Gasteiger partial charge in [0.05, 0.1) is 29.3 Å². The quantitative estimate of drug-likeness (QED) is 0.431. The molecule has 0 aliphatic heterocycles. The number of methoxy groups -OCH3 is 1. The number of aromatic nitrogens is 2. The Morgan fingerprint density at radius 1 is 1.16 bits per heavy atom. The van der Waals surface area contributed by atoms with Crippen LogP contribution in [0.4, 0.5) is 0 Å². The summed E-state index contributed by atoms with van der Waals surface area (Å²) in [6.45, 7) is 5.89. The van der Waals surface area contributed by atoms with Crippen LogP contribution in [0.3, 0.4) is 0 Å². The Bertz CT molecular complexity index is 1400. The second-order valence-corrected chi connectivity index (χ2v) is 8.08. The molecular formula is C23H22N2O5S. The number of imidazole rings is 1. The first kappa shape index (κ1) is 20.9. The van der Waals surface area contributed by atoms with Gasteiger partial charge in [-0.3, -0.25) is 4.79 Å². The van der Waals surface area contributed by atoms with Crippen molar-refractivity contribution in [1.82, 2.24) is 9.38 Å². The molecule has 0 aliphatic carbocycles. The molecule has 0 bridgehead atoms. The fraction of sp³-hybridized carbons (Fsp3) is 0.261. The van der Waals surface area contributed by atoms with Crippen molar-refractivity contribution >= 4 is 39.4 Å². The summed E-state index contributed by atoms with van der Waals surface area (Å²) < 4.78 is 18.0. The average Bonchev–Trinajstić information content (AvgIpc) is 3.23. The molecule has 2 heterocycles. The van der Waals surface area contributed by atoms with Gasteiger partial charge in [0.1, 0.15) is 0 Å². The number of benzene rings is 2. The highest BCUT2D eigenvalue weighted by Crippen LogP contribution is 2.28. The number of esters is 1. The molecule has 4 aromatic rings. The van der Waals surface area contributed by atoms with Gasteiger partial charge in [-0.15, -0.1) is 0 Å². The number of rotatable bonds is 6. The van der Waals surface area contributed by atoms with E-state index in [1.165, 1.54) is 18.4 Å². The Morgan fingerprint density at radius 2 is 1.94 bits per heavy atom. The molecule has 0 spiro atoms. The zero-order valence-corrected chi connectivity index (χ0v) is 18.5. The van der Waals surface area contributed by atoms with Crippen molar-refractivity contribution in [3.63, 3.8) is 0 Å². The maximum absolute atomic E-state index is 13.1. The highest BCUT2D eigenvalue weighted by molar-refractivity contribution is 7.15. The molecule has 0 amide bonds. The number of fused-ring (bicyclic) bond motifs is 3. The number of thiazole rings is 1. The number of hydrogen-bond acceptors (Lipinski definition) is 7. The summed E-state index contributed by atoms with van der Waals surface area (Å²) in [6, 6.07) is 9.27. The van der Waals surface area contributed by atoms with Gasteiger partial charge in [-0.1, -0.05) is 17.4 Å². The zero-order valence-electron chi connectivity index (χ0n) is 17.7. The standard InChI is InChI=1S/C23H22N2O5S/c1-5-29-21(26)12-30-18-7-6-15(10-19(18)28-4)11-20-22(27)25-17-9-14(3)13(2)8-16(17)24-23(25)31-20/h6-11H,5,12H2,1-4H3/b20-11-. The lowest BCUT2D eigenvalue weighted by Crippen LogP contribution is -2.22.